The van der Waals surface area contributed by atoms with Gasteiger partial charge in [0.05, 0.1) is 0 Å². The highest BCUT2D eigenvalue weighted by molar-refractivity contribution is 5.23. The van der Waals surface area contributed by atoms with Crippen molar-refractivity contribution in [3.8, 4) is 0 Å². The van der Waals surface area contributed by atoms with E-state index < -0.39 is 0 Å². The molecule has 2 N–H and O–H groups in total. The number of hydrogen-bond acceptors (Lipinski definition) is 1. The van der Waals surface area contributed by atoms with Crippen molar-refractivity contribution in [2.75, 3.05) is 0 Å². The topological polar surface area (TPSA) is 26.0 Å². The van der Waals surface area contributed by atoms with E-state index in [1.807, 2.05) is 0 Å². The van der Waals surface area contributed by atoms with E-state index in [4.69, 9.17) is 5.73 Å². The van der Waals surface area contributed by atoms with Crippen molar-refractivity contribution in [1.82, 2.24) is 0 Å². The van der Waals surface area contributed by atoms with E-state index in [0.29, 0.717) is 12.0 Å². The molecule has 3 atom stereocenters. The van der Waals surface area contributed by atoms with Gasteiger partial charge in [0, 0.05) is 6.04 Å². The van der Waals surface area contributed by atoms with E-state index in [-0.39, 0.29) is 0 Å². The molecule has 3 unspecified atom stereocenters. The minimum absolute atomic E-state index is 0.404. The SMILES string of the molecule is CCc1ccc(CC2CC(C(C)C)CCC2N)cc1. The fraction of sp³-hybridized carbons (Fsp3) is 0.667. The Hall–Kier alpha value is -0.820. The quantitative estimate of drug-likeness (QED) is 0.862. The first-order valence-corrected chi connectivity index (χ1v) is 7.93. The van der Waals surface area contributed by atoms with Gasteiger partial charge in [0.15, 0.2) is 0 Å². The van der Waals surface area contributed by atoms with Crippen LogP contribution in [0.4, 0.5) is 0 Å². The standard InChI is InChI=1S/C18H29N/c1-4-14-5-7-15(8-6-14)11-17-12-16(13(2)3)9-10-18(17)19/h5-8,13,16-18H,4,9-12,19H2,1-3H3. The Morgan fingerprint density at radius 3 is 2.32 bits per heavy atom. The van der Waals surface area contributed by atoms with Crippen molar-refractivity contribution < 1.29 is 0 Å². The summed E-state index contributed by atoms with van der Waals surface area (Å²) in [6.45, 7) is 6.92. The average Bonchev–Trinajstić information content (AvgIpc) is 2.42. The van der Waals surface area contributed by atoms with Crippen LogP contribution in [0.15, 0.2) is 24.3 Å². The first-order valence-electron chi connectivity index (χ1n) is 7.93. The minimum atomic E-state index is 0.404. The second-order valence-electron chi connectivity index (χ2n) is 6.62. The zero-order chi connectivity index (χ0) is 13.8. The summed E-state index contributed by atoms with van der Waals surface area (Å²) in [4.78, 5) is 0. The van der Waals surface area contributed by atoms with Crippen LogP contribution in [0.5, 0.6) is 0 Å². The van der Waals surface area contributed by atoms with Crippen molar-refractivity contribution in [2.24, 2.45) is 23.5 Å². The lowest BCUT2D eigenvalue weighted by molar-refractivity contribution is 0.189. The largest absolute Gasteiger partial charge is 0.327 e. The van der Waals surface area contributed by atoms with Crippen LogP contribution in [-0.4, -0.2) is 6.04 Å². The number of hydrogen-bond donors (Lipinski definition) is 1. The zero-order valence-corrected chi connectivity index (χ0v) is 12.7. The molecule has 0 bridgehead atoms. The summed E-state index contributed by atoms with van der Waals surface area (Å²) in [5, 5.41) is 0. The second kappa shape index (κ2) is 6.56. The summed E-state index contributed by atoms with van der Waals surface area (Å²) in [7, 11) is 0. The molecule has 0 amide bonds. The van der Waals surface area contributed by atoms with Crippen LogP contribution in [0.3, 0.4) is 0 Å². The molecule has 0 radical (unpaired) electrons. The molecule has 1 heteroatoms. The second-order valence-corrected chi connectivity index (χ2v) is 6.62. The number of rotatable bonds is 4. The summed E-state index contributed by atoms with van der Waals surface area (Å²) in [5.74, 6) is 2.35. The fourth-order valence-corrected chi connectivity index (χ4v) is 3.38. The Bertz CT molecular complexity index is 379. The molecule has 2 rings (SSSR count). The van der Waals surface area contributed by atoms with Gasteiger partial charge < -0.3 is 5.73 Å². The third-order valence-corrected chi connectivity index (χ3v) is 4.95. The molecule has 1 aromatic rings. The molecule has 19 heavy (non-hydrogen) atoms. The van der Waals surface area contributed by atoms with E-state index in [1.54, 1.807) is 0 Å². The van der Waals surface area contributed by atoms with Crippen LogP contribution >= 0.6 is 0 Å². The molecule has 1 aliphatic rings. The Kier molecular flexibility index (Phi) is 5.04. The third kappa shape index (κ3) is 3.82. The van der Waals surface area contributed by atoms with Gasteiger partial charge >= 0.3 is 0 Å². The maximum atomic E-state index is 6.35. The van der Waals surface area contributed by atoms with Gasteiger partial charge in [0.25, 0.3) is 0 Å². The highest BCUT2D eigenvalue weighted by Crippen LogP contribution is 2.34. The highest BCUT2D eigenvalue weighted by atomic mass is 14.7. The highest BCUT2D eigenvalue weighted by Gasteiger charge is 2.29. The molecule has 0 saturated heterocycles. The lowest BCUT2D eigenvalue weighted by Crippen LogP contribution is -2.38. The Morgan fingerprint density at radius 1 is 1.11 bits per heavy atom. The van der Waals surface area contributed by atoms with Crippen molar-refractivity contribution in [2.45, 2.75) is 58.9 Å². The Balaban J connectivity index is 1.99. The molecule has 1 saturated carbocycles. The predicted octanol–water partition coefficient (Wildman–Crippen LogP) is 4.19. The van der Waals surface area contributed by atoms with Crippen molar-refractivity contribution >= 4 is 0 Å². The molecular formula is C18H29N. The maximum Gasteiger partial charge on any atom is 0.00705 e. The minimum Gasteiger partial charge on any atom is -0.327 e. The van der Waals surface area contributed by atoms with Crippen LogP contribution in [0.25, 0.3) is 0 Å². The monoisotopic (exact) mass is 259 g/mol. The van der Waals surface area contributed by atoms with E-state index in [9.17, 15) is 0 Å². The van der Waals surface area contributed by atoms with Gasteiger partial charge in [0.2, 0.25) is 0 Å². The van der Waals surface area contributed by atoms with E-state index in [2.05, 4.69) is 45.0 Å². The maximum absolute atomic E-state index is 6.35. The Morgan fingerprint density at radius 2 is 1.74 bits per heavy atom. The molecule has 106 valence electrons. The summed E-state index contributed by atoms with van der Waals surface area (Å²) in [6.07, 6.45) is 6.13. The van der Waals surface area contributed by atoms with Crippen LogP contribution in [-0.2, 0) is 12.8 Å². The summed E-state index contributed by atoms with van der Waals surface area (Å²) < 4.78 is 0. The number of nitrogens with two attached hydrogens (primary N) is 1. The summed E-state index contributed by atoms with van der Waals surface area (Å²) in [6, 6.07) is 9.53. The fourth-order valence-electron chi connectivity index (χ4n) is 3.38. The first kappa shape index (κ1) is 14.6. The van der Waals surface area contributed by atoms with Gasteiger partial charge in [-0.25, -0.2) is 0 Å². The lowest BCUT2D eigenvalue weighted by Gasteiger charge is -2.36. The summed E-state index contributed by atoms with van der Waals surface area (Å²) >= 11 is 0. The smallest absolute Gasteiger partial charge is 0.00705 e. The molecule has 1 fully saturated rings. The zero-order valence-electron chi connectivity index (χ0n) is 12.7. The molecule has 1 aliphatic carbocycles. The van der Waals surface area contributed by atoms with Gasteiger partial charge in [-0.15, -0.1) is 0 Å². The first-order chi connectivity index (χ1) is 9.10. The average molecular weight is 259 g/mol. The number of aryl methyl sites for hydroxylation is 1. The van der Waals surface area contributed by atoms with Crippen LogP contribution in [0.1, 0.15) is 51.2 Å². The third-order valence-electron chi connectivity index (χ3n) is 4.95. The van der Waals surface area contributed by atoms with Crippen LogP contribution in [0, 0.1) is 17.8 Å². The van der Waals surface area contributed by atoms with Crippen molar-refractivity contribution in [3.05, 3.63) is 35.4 Å². The van der Waals surface area contributed by atoms with Gasteiger partial charge in [0.1, 0.15) is 0 Å². The van der Waals surface area contributed by atoms with Crippen molar-refractivity contribution in [3.63, 3.8) is 0 Å². The normalized spacial score (nSPS) is 27.7. The van der Waals surface area contributed by atoms with E-state index >= 15 is 0 Å². The molecule has 0 spiro atoms. The summed E-state index contributed by atoms with van der Waals surface area (Å²) in [5.41, 5.74) is 9.23. The molecular weight excluding hydrogens is 230 g/mol. The van der Waals surface area contributed by atoms with E-state index in [1.165, 1.54) is 30.4 Å². The molecule has 1 aromatic carbocycles. The van der Waals surface area contributed by atoms with Crippen LogP contribution in [0.2, 0.25) is 0 Å². The number of benzene rings is 1. The Labute approximate surface area is 118 Å². The van der Waals surface area contributed by atoms with Gasteiger partial charge in [-0.3, -0.25) is 0 Å². The van der Waals surface area contributed by atoms with Gasteiger partial charge in [-0.1, -0.05) is 45.0 Å². The molecule has 1 nitrogen and oxygen atoms in total. The predicted molar refractivity (Wildman–Crippen MR) is 83.2 cm³/mol. The van der Waals surface area contributed by atoms with Crippen LogP contribution < -0.4 is 5.73 Å². The molecule has 0 aromatic heterocycles. The van der Waals surface area contributed by atoms with E-state index in [0.717, 1.165) is 24.7 Å². The van der Waals surface area contributed by atoms with Gasteiger partial charge in [-0.2, -0.15) is 0 Å². The van der Waals surface area contributed by atoms with Gasteiger partial charge in [-0.05, 0) is 61.0 Å². The molecule has 0 aliphatic heterocycles. The van der Waals surface area contributed by atoms with Crippen molar-refractivity contribution in [1.29, 1.82) is 0 Å². The molecule has 0 heterocycles. The lowest BCUT2D eigenvalue weighted by atomic mass is 9.72.